The molecule has 0 saturated heterocycles. The van der Waals surface area contributed by atoms with E-state index in [1.54, 1.807) is 18.4 Å². The van der Waals surface area contributed by atoms with Crippen molar-refractivity contribution in [3.63, 3.8) is 0 Å². The number of rotatable bonds is 7. The molecular weight excluding hydrogens is 274 g/mol. The van der Waals surface area contributed by atoms with E-state index in [1.165, 1.54) is 11.3 Å². The average Bonchev–Trinajstić information content (AvgIpc) is 2.80. The van der Waals surface area contributed by atoms with Gasteiger partial charge in [-0.2, -0.15) is 5.26 Å². The summed E-state index contributed by atoms with van der Waals surface area (Å²) >= 11 is 1.35. The first-order valence-electron chi connectivity index (χ1n) is 6.63. The minimum Gasteiger partial charge on any atom is -0.392 e. The van der Waals surface area contributed by atoms with Crippen LogP contribution in [0.2, 0.25) is 0 Å². The maximum Gasteiger partial charge on any atom is 0.226 e. The molecule has 110 valence electrons. The summed E-state index contributed by atoms with van der Waals surface area (Å²) in [7, 11) is 0. The molecule has 1 amide bonds. The van der Waals surface area contributed by atoms with Gasteiger partial charge in [-0.1, -0.05) is 0 Å². The van der Waals surface area contributed by atoms with Gasteiger partial charge in [-0.15, -0.1) is 11.3 Å². The number of aliphatic hydroxyl groups is 1. The highest BCUT2D eigenvalue weighted by atomic mass is 32.1. The quantitative estimate of drug-likeness (QED) is 0.807. The zero-order valence-corrected chi connectivity index (χ0v) is 12.9. The first kappa shape index (κ1) is 16.6. The van der Waals surface area contributed by atoms with Gasteiger partial charge in [0, 0.05) is 25.6 Å². The second-order valence-electron chi connectivity index (χ2n) is 5.01. The smallest absolute Gasteiger partial charge is 0.226 e. The molecule has 0 aliphatic rings. The number of carbonyl (C=O) groups is 1. The number of amides is 1. The molecule has 1 heterocycles. The normalized spacial score (nSPS) is 12.4. The van der Waals surface area contributed by atoms with Gasteiger partial charge in [-0.3, -0.25) is 9.69 Å². The molecule has 0 saturated carbocycles. The summed E-state index contributed by atoms with van der Waals surface area (Å²) in [6, 6.07) is 4.00. The Morgan fingerprint density at radius 2 is 2.25 bits per heavy atom. The fourth-order valence-electron chi connectivity index (χ4n) is 1.83. The maximum absolute atomic E-state index is 11.9. The number of aliphatic hydroxyl groups excluding tert-OH is 1. The molecule has 1 aromatic heterocycles. The van der Waals surface area contributed by atoms with Crippen molar-refractivity contribution < 1.29 is 9.90 Å². The van der Waals surface area contributed by atoms with Crippen LogP contribution in [0.25, 0.3) is 0 Å². The second kappa shape index (κ2) is 8.00. The molecule has 1 aromatic rings. The highest BCUT2D eigenvalue weighted by Crippen LogP contribution is 2.22. The molecule has 0 aliphatic heterocycles. The molecule has 1 atom stereocenters. The van der Waals surface area contributed by atoms with E-state index in [0.29, 0.717) is 30.1 Å². The van der Waals surface area contributed by atoms with Crippen molar-refractivity contribution in [1.82, 2.24) is 4.90 Å². The van der Waals surface area contributed by atoms with E-state index in [1.807, 2.05) is 19.9 Å². The van der Waals surface area contributed by atoms with Crippen LogP contribution in [0.15, 0.2) is 11.4 Å². The molecule has 0 aliphatic carbocycles. The summed E-state index contributed by atoms with van der Waals surface area (Å²) < 4.78 is 0. The summed E-state index contributed by atoms with van der Waals surface area (Å²) in [4.78, 5) is 13.9. The van der Waals surface area contributed by atoms with Crippen LogP contribution in [0.5, 0.6) is 0 Å². The molecule has 0 aromatic carbocycles. The van der Waals surface area contributed by atoms with Crippen molar-refractivity contribution in [3.05, 3.63) is 17.0 Å². The SMILES string of the molecule is CC(O)CN(CCC(=O)Nc1sccc1C#N)C(C)C. The minimum absolute atomic E-state index is 0.111. The summed E-state index contributed by atoms with van der Waals surface area (Å²) in [5, 5.41) is 23.5. The van der Waals surface area contributed by atoms with Crippen LogP contribution >= 0.6 is 11.3 Å². The molecule has 1 rings (SSSR count). The molecule has 0 fully saturated rings. The van der Waals surface area contributed by atoms with E-state index in [2.05, 4.69) is 10.2 Å². The van der Waals surface area contributed by atoms with Crippen molar-refractivity contribution in [2.75, 3.05) is 18.4 Å². The zero-order chi connectivity index (χ0) is 15.1. The number of carbonyl (C=O) groups excluding carboxylic acids is 1. The number of hydrogen-bond donors (Lipinski definition) is 2. The van der Waals surface area contributed by atoms with Crippen molar-refractivity contribution in [3.8, 4) is 6.07 Å². The molecule has 6 heteroatoms. The zero-order valence-electron chi connectivity index (χ0n) is 12.1. The van der Waals surface area contributed by atoms with Gasteiger partial charge in [0.15, 0.2) is 0 Å². The number of anilines is 1. The third-order valence-electron chi connectivity index (χ3n) is 2.89. The standard InChI is InChI=1S/C14H21N3O2S/c1-10(2)17(9-11(3)18)6-4-13(19)16-14-12(8-15)5-7-20-14/h5,7,10-11,18H,4,6,9H2,1-3H3,(H,16,19). The molecular formula is C14H21N3O2S. The van der Waals surface area contributed by atoms with Crippen molar-refractivity contribution >= 4 is 22.2 Å². The number of nitriles is 1. The van der Waals surface area contributed by atoms with Crippen LogP contribution in [-0.2, 0) is 4.79 Å². The Bertz CT molecular complexity index is 477. The third-order valence-corrected chi connectivity index (χ3v) is 3.72. The van der Waals surface area contributed by atoms with E-state index in [4.69, 9.17) is 5.26 Å². The highest BCUT2D eigenvalue weighted by molar-refractivity contribution is 7.14. The predicted octanol–water partition coefficient (Wildman–Crippen LogP) is 2.04. The van der Waals surface area contributed by atoms with E-state index >= 15 is 0 Å². The van der Waals surface area contributed by atoms with Crippen LogP contribution in [0.3, 0.4) is 0 Å². The molecule has 20 heavy (non-hydrogen) atoms. The van der Waals surface area contributed by atoms with Crippen molar-refractivity contribution in [1.29, 1.82) is 5.26 Å². The van der Waals surface area contributed by atoms with E-state index in [0.717, 1.165) is 0 Å². The van der Waals surface area contributed by atoms with E-state index in [9.17, 15) is 9.90 Å². The maximum atomic E-state index is 11.9. The monoisotopic (exact) mass is 295 g/mol. The second-order valence-corrected chi connectivity index (χ2v) is 5.93. The van der Waals surface area contributed by atoms with E-state index < -0.39 is 6.10 Å². The van der Waals surface area contributed by atoms with Crippen molar-refractivity contribution in [2.24, 2.45) is 0 Å². The lowest BCUT2D eigenvalue weighted by Crippen LogP contribution is -2.38. The Labute approximate surface area is 123 Å². The number of nitrogens with one attached hydrogen (secondary N) is 1. The van der Waals surface area contributed by atoms with Gasteiger partial charge in [0.25, 0.3) is 0 Å². The molecule has 1 unspecified atom stereocenters. The molecule has 5 nitrogen and oxygen atoms in total. The lowest BCUT2D eigenvalue weighted by Gasteiger charge is -2.27. The van der Waals surface area contributed by atoms with Crippen LogP contribution < -0.4 is 5.32 Å². The van der Waals surface area contributed by atoms with Gasteiger partial charge in [0.1, 0.15) is 11.1 Å². The Balaban J connectivity index is 2.48. The van der Waals surface area contributed by atoms with Crippen LogP contribution in [-0.4, -0.2) is 41.1 Å². The van der Waals surface area contributed by atoms with Crippen molar-refractivity contribution in [2.45, 2.75) is 39.3 Å². The van der Waals surface area contributed by atoms with Crippen LogP contribution in [0.4, 0.5) is 5.00 Å². The van der Waals surface area contributed by atoms with Gasteiger partial charge >= 0.3 is 0 Å². The van der Waals surface area contributed by atoms with Gasteiger partial charge in [-0.05, 0) is 32.2 Å². The fraction of sp³-hybridized carbons (Fsp3) is 0.571. The Hall–Kier alpha value is -1.42. The summed E-state index contributed by atoms with van der Waals surface area (Å²) in [6.07, 6.45) is -0.0730. The summed E-state index contributed by atoms with van der Waals surface area (Å²) in [5.41, 5.74) is 0.494. The first-order chi connectivity index (χ1) is 9.43. The minimum atomic E-state index is -0.414. The Morgan fingerprint density at radius 3 is 2.80 bits per heavy atom. The van der Waals surface area contributed by atoms with Gasteiger partial charge in [-0.25, -0.2) is 0 Å². The number of thiophene rings is 1. The van der Waals surface area contributed by atoms with Gasteiger partial charge < -0.3 is 10.4 Å². The largest absolute Gasteiger partial charge is 0.392 e. The van der Waals surface area contributed by atoms with Crippen LogP contribution in [0.1, 0.15) is 32.8 Å². The first-order valence-corrected chi connectivity index (χ1v) is 7.51. The predicted molar refractivity (Wildman–Crippen MR) is 80.7 cm³/mol. The number of hydrogen-bond acceptors (Lipinski definition) is 5. The van der Waals surface area contributed by atoms with Gasteiger partial charge in [0.2, 0.25) is 5.91 Å². The molecule has 2 N–H and O–H groups in total. The Kier molecular flexibility index (Phi) is 6.65. The third kappa shape index (κ3) is 5.29. The topological polar surface area (TPSA) is 76.4 Å². The lowest BCUT2D eigenvalue weighted by molar-refractivity contribution is -0.116. The number of nitrogens with zero attached hydrogens (tertiary/aromatic N) is 2. The summed E-state index contributed by atoms with van der Waals surface area (Å²) in [5.74, 6) is -0.111. The van der Waals surface area contributed by atoms with Crippen LogP contribution in [0, 0.1) is 11.3 Å². The summed E-state index contributed by atoms with van der Waals surface area (Å²) in [6.45, 7) is 6.94. The van der Waals surface area contributed by atoms with Gasteiger partial charge in [0.05, 0.1) is 11.7 Å². The molecule has 0 radical (unpaired) electrons. The lowest BCUT2D eigenvalue weighted by atomic mass is 10.2. The highest BCUT2D eigenvalue weighted by Gasteiger charge is 2.14. The Morgan fingerprint density at radius 1 is 1.55 bits per heavy atom. The van der Waals surface area contributed by atoms with E-state index in [-0.39, 0.29) is 11.9 Å². The molecule has 0 spiro atoms. The fourth-order valence-corrected chi connectivity index (χ4v) is 2.58. The average molecular weight is 295 g/mol. The molecule has 0 bridgehead atoms.